The van der Waals surface area contributed by atoms with Crippen LogP contribution in [0.15, 0.2) is 58.2 Å². The lowest BCUT2D eigenvalue weighted by Crippen LogP contribution is -2.42. The number of nitrogens with one attached hydrogen (secondary N) is 3. The molecule has 0 radical (unpaired) electrons. The van der Waals surface area contributed by atoms with Crippen LogP contribution in [0.2, 0.25) is 0 Å². The molecule has 0 bridgehead atoms. The van der Waals surface area contributed by atoms with Crippen molar-refractivity contribution in [1.82, 2.24) is 24.9 Å². The van der Waals surface area contributed by atoms with E-state index in [4.69, 9.17) is 0 Å². The van der Waals surface area contributed by atoms with E-state index in [1.165, 1.54) is 24.1 Å². The van der Waals surface area contributed by atoms with E-state index in [2.05, 4.69) is 20.0 Å². The number of likely N-dealkylation sites (N-methyl/N-ethyl adjacent to an activating group) is 1. The summed E-state index contributed by atoms with van der Waals surface area (Å²) >= 11 is 0. The van der Waals surface area contributed by atoms with Gasteiger partial charge >= 0.3 is 0 Å². The summed E-state index contributed by atoms with van der Waals surface area (Å²) in [5.74, 6) is -0.781. The molecule has 32 heavy (non-hydrogen) atoms. The Bertz CT molecular complexity index is 1300. The van der Waals surface area contributed by atoms with Crippen LogP contribution in [0, 0.1) is 6.92 Å². The minimum Gasteiger partial charge on any atom is -0.346 e. The van der Waals surface area contributed by atoms with Crippen molar-refractivity contribution >= 4 is 32.7 Å². The lowest BCUT2D eigenvalue weighted by Gasteiger charge is -2.17. The number of aromatic nitrogens is 2. The third-order valence-electron chi connectivity index (χ3n) is 4.67. The van der Waals surface area contributed by atoms with Crippen molar-refractivity contribution in [2.45, 2.75) is 18.4 Å². The van der Waals surface area contributed by atoms with Gasteiger partial charge in [0.15, 0.2) is 0 Å². The second kappa shape index (κ2) is 9.71. The maximum absolute atomic E-state index is 12.3. The van der Waals surface area contributed by atoms with Crippen LogP contribution < -0.4 is 15.6 Å². The Labute approximate surface area is 184 Å². The number of hydrogen-bond donors (Lipinski definition) is 3. The minimum absolute atomic E-state index is 0.0365. The molecule has 10 nitrogen and oxygen atoms in total. The van der Waals surface area contributed by atoms with E-state index in [9.17, 15) is 22.8 Å². The van der Waals surface area contributed by atoms with Crippen LogP contribution in [0.3, 0.4) is 0 Å². The fourth-order valence-corrected chi connectivity index (χ4v) is 3.84. The smallest absolute Gasteiger partial charge is 0.258 e. The molecule has 0 aliphatic carbocycles. The van der Waals surface area contributed by atoms with Crippen molar-refractivity contribution in [3.05, 3.63) is 70.3 Å². The van der Waals surface area contributed by atoms with Crippen LogP contribution in [-0.2, 0) is 26.2 Å². The first kappa shape index (κ1) is 23.1. The Morgan fingerprint density at radius 3 is 2.47 bits per heavy atom. The average molecular weight is 458 g/mol. The van der Waals surface area contributed by atoms with Gasteiger partial charge in [0.25, 0.3) is 5.56 Å². The Morgan fingerprint density at radius 1 is 1.06 bits per heavy atom. The van der Waals surface area contributed by atoms with Gasteiger partial charge in [0.1, 0.15) is 5.82 Å². The molecule has 0 fully saturated rings. The SMILES string of the molecule is Cc1ccc(S(=O)(=O)NCC(=O)NCC(=O)N(C)Cc2nc3ccccc3c(=O)[nH]2)cc1. The average Bonchev–Trinajstić information content (AvgIpc) is 2.76. The normalized spacial score (nSPS) is 11.3. The molecule has 0 aliphatic heterocycles. The molecule has 0 unspecified atom stereocenters. The fraction of sp³-hybridized carbons (Fsp3) is 0.238. The van der Waals surface area contributed by atoms with Crippen LogP contribution in [0.4, 0.5) is 0 Å². The summed E-state index contributed by atoms with van der Waals surface area (Å²) in [7, 11) is -2.33. The summed E-state index contributed by atoms with van der Waals surface area (Å²) in [6.45, 7) is 1.03. The van der Waals surface area contributed by atoms with Gasteiger partial charge in [-0.3, -0.25) is 14.4 Å². The number of rotatable bonds is 8. The molecule has 1 aromatic heterocycles. The summed E-state index contributed by atoms with van der Waals surface area (Å²) in [4.78, 5) is 44.7. The number of amides is 2. The molecule has 3 N–H and O–H groups in total. The van der Waals surface area contributed by atoms with Crippen molar-refractivity contribution in [3.8, 4) is 0 Å². The second-order valence-electron chi connectivity index (χ2n) is 7.19. The maximum atomic E-state index is 12.3. The van der Waals surface area contributed by atoms with Crippen molar-refractivity contribution in [3.63, 3.8) is 0 Å². The first-order valence-electron chi connectivity index (χ1n) is 9.70. The molecule has 2 amide bonds. The number of aryl methyl sites for hydroxylation is 1. The quantitative estimate of drug-likeness (QED) is 0.444. The molecule has 0 spiro atoms. The molecular weight excluding hydrogens is 434 g/mol. The number of carbonyl (C=O) groups excluding carboxylic acids is 2. The van der Waals surface area contributed by atoms with E-state index in [1.54, 1.807) is 36.4 Å². The number of H-pyrrole nitrogens is 1. The number of sulfonamides is 1. The number of nitrogens with zero attached hydrogens (tertiary/aromatic N) is 2. The highest BCUT2D eigenvalue weighted by Crippen LogP contribution is 2.09. The molecule has 3 aromatic rings. The monoisotopic (exact) mass is 457 g/mol. The van der Waals surface area contributed by atoms with Crippen LogP contribution >= 0.6 is 0 Å². The van der Waals surface area contributed by atoms with Crippen molar-refractivity contribution in [2.24, 2.45) is 0 Å². The van der Waals surface area contributed by atoms with Gasteiger partial charge in [-0.25, -0.2) is 18.1 Å². The molecule has 0 atom stereocenters. The number of aromatic amines is 1. The van der Waals surface area contributed by atoms with E-state index in [1.807, 2.05) is 6.92 Å². The predicted molar refractivity (Wildman–Crippen MR) is 118 cm³/mol. The van der Waals surface area contributed by atoms with Crippen LogP contribution in [0.25, 0.3) is 10.9 Å². The number of para-hydroxylation sites is 1. The summed E-state index contributed by atoms with van der Waals surface area (Å²) in [6, 6.07) is 13.0. The second-order valence-corrected chi connectivity index (χ2v) is 8.96. The van der Waals surface area contributed by atoms with Crippen LogP contribution in [0.1, 0.15) is 11.4 Å². The predicted octanol–water partition coefficient (Wildman–Crippen LogP) is 0.285. The number of carbonyl (C=O) groups is 2. The van der Waals surface area contributed by atoms with Crippen molar-refractivity contribution < 1.29 is 18.0 Å². The molecular formula is C21H23N5O5S. The van der Waals surface area contributed by atoms with Gasteiger partial charge in [-0.15, -0.1) is 0 Å². The standard InChI is InChI=1S/C21H23N5O5S/c1-14-7-9-15(10-8-14)32(30,31)23-11-19(27)22-12-20(28)26(2)13-18-24-17-6-4-3-5-16(17)21(29)25-18/h3-10,23H,11-13H2,1-2H3,(H,22,27)(H,24,25,29). The molecule has 168 valence electrons. The van der Waals surface area contributed by atoms with Crippen LogP contribution in [-0.4, -0.2) is 55.2 Å². The first-order valence-corrected chi connectivity index (χ1v) is 11.2. The molecule has 1 heterocycles. The van der Waals surface area contributed by atoms with E-state index >= 15 is 0 Å². The van der Waals surface area contributed by atoms with Gasteiger partial charge in [-0.1, -0.05) is 29.8 Å². The first-order chi connectivity index (χ1) is 15.2. The topological polar surface area (TPSA) is 141 Å². The third-order valence-corrected chi connectivity index (χ3v) is 6.08. The van der Waals surface area contributed by atoms with E-state index in [0.717, 1.165) is 5.56 Å². The van der Waals surface area contributed by atoms with Crippen molar-refractivity contribution in [1.29, 1.82) is 0 Å². The highest BCUT2D eigenvalue weighted by molar-refractivity contribution is 7.89. The van der Waals surface area contributed by atoms with E-state index in [-0.39, 0.29) is 23.5 Å². The van der Waals surface area contributed by atoms with Gasteiger partial charge in [-0.05, 0) is 31.2 Å². The van der Waals surface area contributed by atoms with Gasteiger partial charge in [-0.2, -0.15) is 0 Å². The number of benzene rings is 2. The minimum atomic E-state index is -3.84. The van der Waals surface area contributed by atoms with Gasteiger partial charge < -0.3 is 15.2 Å². The third kappa shape index (κ3) is 5.77. The van der Waals surface area contributed by atoms with E-state index in [0.29, 0.717) is 16.7 Å². The van der Waals surface area contributed by atoms with Gasteiger partial charge in [0.05, 0.1) is 35.4 Å². The Kier molecular flexibility index (Phi) is 7.01. The summed E-state index contributed by atoms with van der Waals surface area (Å²) in [5.41, 5.74) is 1.12. The molecule has 3 rings (SSSR count). The Balaban J connectivity index is 1.51. The Hall–Kier alpha value is -3.57. The lowest BCUT2D eigenvalue weighted by molar-refractivity contribution is -0.132. The van der Waals surface area contributed by atoms with Gasteiger partial charge in [0, 0.05) is 7.05 Å². The molecule has 2 aromatic carbocycles. The zero-order valence-corrected chi connectivity index (χ0v) is 18.4. The van der Waals surface area contributed by atoms with E-state index < -0.39 is 28.4 Å². The summed E-state index contributed by atoms with van der Waals surface area (Å²) in [5, 5.41) is 2.82. The fourth-order valence-electron chi connectivity index (χ4n) is 2.86. The zero-order chi connectivity index (χ0) is 23.3. The molecule has 0 saturated carbocycles. The summed E-state index contributed by atoms with van der Waals surface area (Å²) < 4.78 is 26.6. The van der Waals surface area contributed by atoms with Crippen molar-refractivity contribution in [2.75, 3.05) is 20.1 Å². The van der Waals surface area contributed by atoms with Gasteiger partial charge in [0.2, 0.25) is 21.8 Å². The van der Waals surface area contributed by atoms with Crippen LogP contribution in [0.5, 0.6) is 0 Å². The molecule has 0 saturated heterocycles. The molecule has 0 aliphatic rings. The molecule has 11 heteroatoms. The summed E-state index contributed by atoms with van der Waals surface area (Å²) in [6.07, 6.45) is 0. The highest BCUT2D eigenvalue weighted by Gasteiger charge is 2.17. The zero-order valence-electron chi connectivity index (χ0n) is 17.6. The number of hydrogen-bond acceptors (Lipinski definition) is 6. The maximum Gasteiger partial charge on any atom is 0.258 e. The Morgan fingerprint density at radius 2 is 1.75 bits per heavy atom. The number of fused-ring (bicyclic) bond motifs is 1. The highest BCUT2D eigenvalue weighted by atomic mass is 32.2. The lowest BCUT2D eigenvalue weighted by atomic mass is 10.2. The largest absolute Gasteiger partial charge is 0.346 e.